The minimum atomic E-state index is -0.619. The van der Waals surface area contributed by atoms with Crippen molar-refractivity contribution in [1.29, 1.82) is 0 Å². The highest BCUT2D eigenvalue weighted by Gasteiger charge is 2.17. The highest BCUT2D eigenvalue weighted by Crippen LogP contribution is 2.14. The Labute approximate surface area is 214 Å². The molecule has 1 aromatic heterocycles. The van der Waals surface area contributed by atoms with Crippen molar-refractivity contribution in [2.45, 2.75) is 46.2 Å². The second-order valence-corrected chi connectivity index (χ2v) is 9.19. The number of para-hydroxylation sites is 1. The molecule has 8 nitrogen and oxygen atoms in total. The highest BCUT2D eigenvalue weighted by atomic mass is 16.2. The molecule has 3 aromatic carbocycles. The van der Waals surface area contributed by atoms with Gasteiger partial charge in [0.15, 0.2) is 0 Å². The van der Waals surface area contributed by atoms with E-state index in [2.05, 4.69) is 10.6 Å². The minimum absolute atomic E-state index is 0.0363. The summed E-state index contributed by atoms with van der Waals surface area (Å²) in [6.07, 6.45) is 1.02. The van der Waals surface area contributed by atoms with Gasteiger partial charge in [0.2, 0.25) is 11.8 Å². The van der Waals surface area contributed by atoms with Crippen LogP contribution >= 0.6 is 0 Å². The molecule has 4 aromatic rings. The molecule has 0 aliphatic heterocycles. The predicted octanol–water partition coefficient (Wildman–Crippen LogP) is 3.42. The Morgan fingerprint density at radius 2 is 1.59 bits per heavy atom. The molecular formula is C29H30N4O4. The molecule has 8 heteroatoms. The third kappa shape index (κ3) is 5.86. The average molecular weight is 499 g/mol. The molecule has 0 spiro atoms. The largest absolute Gasteiger partial charge is 0.354 e. The fourth-order valence-corrected chi connectivity index (χ4v) is 4.24. The van der Waals surface area contributed by atoms with E-state index in [1.165, 1.54) is 4.57 Å². The van der Waals surface area contributed by atoms with Crippen LogP contribution in [0.5, 0.6) is 0 Å². The molecule has 2 N–H and O–H groups in total. The second-order valence-electron chi connectivity index (χ2n) is 9.19. The van der Waals surface area contributed by atoms with Crippen LogP contribution in [0.1, 0.15) is 31.9 Å². The van der Waals surface area contributed by atoms with Gasteiger partial charge < -0.3 is 10.6 Å². The van der Waals surface area contributed by atoms with Gasteiger partial charge in [-0.2, -0.15) is 0 Å². The third-order valence-electron chi connectivity index (χ3n) is 5.98. The van der Waals surface area contributed by atoms with Gasteiger partial charge in [-0.05, 0) is 67.8 Å². The summed E-state index contributed by atoms with van der Waals surface area (Å²) in [4.78, 5) is 51.9. The van der Waals surface area contributed by atoms with Crippen molar-refractivity contribution < 1.29 is 9.59 Å². The zero-order valence-corrected chi connectivity index (χ0v) is 21.2. The molecule has 0 aliphatic rings. The van der Waals surface area contributed by atoms with Crippen molar-refractivity contribution in [3.8, 4) is 5.69 Å². The Hall–Kier alpha value is -4.46. The molecule has 1 heterocycles. The number of hydrogen-bond acceptors (Lipinski definition) is 4. The second kappa shape index (κ2) is 11.1. The van der Waals surface area contributed by atoms with E-state index >= 15 is 0 Å². The van der Waals surface area contributed by atoms with Gasteiger partial charge >= 0.3 is 5.69 Å². The Kier molecular flexibility index (Phi) is 7.67. The lowest BCUT2D eigenvalue weighted by Crippen LogP contribution is -2.40. The number of nitrogens with one attached hydrogen (secondary N) is 2. The van der Waals surface area contributed by atoms with E-state index in [1.807, 2.05) is 39.0 Å². The monoisotopic (exact) mass is 498 g/mol. The van der Waals surface area contributed by atoms with Crippen LogP contribution in [0.4, 0.5) is 5.69 Å². The van der Waals surface area contributed by atoms with Gasteiger partial charge in [0.05, 0.1) is 23.0 Å². The van der Waals surface area contributed by atoms with E-state index in [9.17, 15) is 19.2 Å². The first-order valence-electron chi connectivity index (χ1n) is 12.3. The van der Waals surface area contributed by atoms with E-state index < -0.39 is 11.2 Å². The van der Waals surface area contributed by atoms with Crippen LogP contribution < -0.4 is 21.9 Å². The molecule has 0 unspecified atom stereocenters. The van der Waals surface area contributed by atoms with Crippen LogP contribution in [0.2, 0.25) is 0 Å². The lowest BCUT2D eigenvalue weighted by molar-refractivity contribution is -0.121. The Balaban J connectivity index is 1.69. The number of carbonyl (C=O) groups excluding carboxylic acids is 2. The van der Waals surface area contributed by atoms with Crippen LogP contribution in [-0.2, 0) is 29.0 Å². The molecule has 37 heavy (non-hydrogen) atoms. The number of nitrogens with zero attached hydrogens (tertiary/aromatic N) is 2. The molecule has 0 saturated heterocycles. The molecular weight excluding hydrogens is 468 g/mol. The molecule has 0 saturated carbocycles. The number of aryl methyl sites for hydroxylation is 1. The Bertz CT molecular complexity index is 1570. The molecule has 0 fully saturated rings. The number of fused-ring (bicyclic) bond motifs is 1. The van der Waals surface area contributed by atoms with Crippen LogP contribution in [-0.4, -0.2) is 27.0 Å². The number of amides is 2. The standard InChI is InChI=1S/C29H30N4O4/c1-4-20-8-7-9-22(16-20)31-27(35)18-32-25-11-6-5-10-24(25)28(36)33(29(32)37)23-14-12-21(13-15-23)17-26(34)30-19(2)3/h5-16,19H,4,17-18H2,1-3H3,(H,30,34)(H,31,35). The molecule has 0 radical (unpaired) electrons. The first-order chi connectivity index (χ1) is 17.8. The molecule has 2 amide bonds. The normalized spacial score (nSPS) is 11.0. The first-order valence-corrected chi connectivity index (χ1v) is 12.3. The molecule has 0 aliphatic carbocycles. The van der Waals surface area contributed by atoms with Gasteiger partial charge in [0.25, 0.3) is 5.56 Å². The van der Waals surface area contributed by atoms with Gasteiger partial charge in [0.1, 0.15) is 6.54 Å². The van der Waals surface area contributed by atoms with Gasteiger partial charge in [-0.25, -0.2) is 9.36 Å². The predicted molar refractivity (Wildman–Crippen MR) is 145 cm³/mol. The summed E-state index contributed by atoms with van der Waals surface area (Å²) in [5.41, 5.74) is 2.13. The van der Waals surface area contributed by atoms with Crippen molar-refractivity contribution >= 4 is 28.4 Å². The molecule has 4 rings (SSSR count). The topological polar surface area (TPSA) is 102 Å². The van der Waals surface area contributed by atoms with Gasteiger partial charge in [-0.1, -0.05) is 43.3 Å². The van der Waals surface area contributed by atoms with E-state index in [4.69, 9.17) is 0 Å². The van der Waals surface area contributed by atoms with Gasteiger partial charge in [-0.15, -0.1) is 0 Å². The summed E-state index contributed by atoms with van der Waals surface area (Å²) in [6.45, 7) is 5.55. The van der Waals surface area contributed by atoms with Crippen molar-refractivity contribution in [3.63, 3.8) is 0 Å². The van der Waals surface area contributed by atoms with Crippen molar-refractivity contribution in [2.24, 2.45) is 0 Å². The maximum absolute atomic E-state index is 13.6. The number of aromatic nitrogens is 2. The lowest BCUT2D eigenvalue weighted by atomic mass is 10.1. The van der Waals surface area contributed by atoms with Crippen LogP contribution in [0.25, 0.3) is 16.6 Å². The number of benzene rings is 3. The van der Waals surface area contributed by atoms with Crippen LogP contribution in [0.15, 0.2) is 82.4 Å². The van der Waals surface area contributed by atoms with E-state index in [1.54, 1.807) is 54.6 Å². The maximum Gasteiger partial charge on any atom is 0.336 e. The minimum Gasteiger partial charge on any atom is -0.354 e. The van der Waals surface area contributed by atoms with Gasteiger partial charge in [-0.3, -0.25) is 19.0 Å². The third-order valence-corrected chi connectivity index (χ3v) is 5.98. The summed E-state index contributed by atoms with van der Waals surface area (Å²) in [7, 11) is 0. The summed E-state index contributed by atoms with van der Waals surface area (Å²) < 4.78 is 2.37. The summed E-state index contributed by atoms with van der Waals surface area (Å²) in [5, 5.41) is 6.01. The quantitative estimate of drug-likeness (QED) is 0.389. The molecule has 190 valence electrons. The summed E-state index contributed by atoms with van der Waals surface area (Å²) >= 11 is 0. The highest BCUT2D eigenvalue weighted by molar-refractivity contribution is 5.91. The van der Waals surface area contributed by atoms with Gasteiger partial charge in [0, 0.05) is 11.7 Å². The SMILES string of the molecule is CCc1cccc(NC(=O)Cn2c(=O)n(-c3ccc(CC(=O)NC(C)C)cc3)c(=O)c3ccccc32)c1. The number of rotatable bonds is 8. The van der Waals surface area contributed by atoms with E-state index in [0.717, 1.165) is 22.1 Å². The number of carbonyl (C=O) groups is 2. The van der Waals surface area contributed by atoms with Crippen LogP contribution in [0, 0.1) is 0 Å². The lowest BCUT2D eigenvalue weighted by Gasteiger charge is -2.15. The maximum atomic E-state index is 13.6. The fourth-order valence-electron chi connectivity index (χ4n) is 4.24. The Morgan fingerprint density at radius 3 is 2.30 bits per heavy atom. The van der Waals surface area contributed by atoms with Crippen molar-refractivity contribution in [2.75, 3.05) is 5.32 Å². The number of hydrogen-bond donors (Lipinski definition) is 2. The first kappa shape index (κ1) is 25.6. The average Bonchev–Trinajstić information content (AvgIpc) is 2.87. The molecule has 0 atom stereocenters. The zero-order chi connectivity index (χ0) is 26.5. The van der Waals surface area contributed by atoms with E-state index in [0.29, 0.717) is 22.3 Å². The Morgan fingerprint density at radius 1 is 0.865 bits per heavy atom. The fraction of sp³-hybridized carbons (Fsp3) is 0.241. The van der Waals surface area contributed by atoms with Crippen LogP contribution in [0.3, 0.4) is 0 Å². The van der Waals surface area contributed by atoms with E-state index in [-0.39, 0.29) is 30.8 Å². The molecule has 0 bridgehead atoms. The smallest absolute Gasteiger partial charge is 0.336 e. The number of anilines is 1. The summed E-state index contributed by atoms with van der Waals surface area (Å²) in [6, 6.07) is 21.0. The zero-order valence-electron chi connectivity index (χ0n) is 21.2. The summed E-state index contributed by atoms with van der Waals surface area (Å²) in [5.74, 6) is -0.485. The van der Waals surface area contributed by atoms with Crippen molar-refractivity contribution in [3.05, 3.63) is 105 Å². The van der Waals surface area contributed by atoms with Crippen molar-refractivity contribution in [1.82, 2.24) is 14.5 Å².